The number of hydrogen-bond acceptors (Lipinski definition) is 5. The molecule has 1 fully saturated rings. The standard InChI is InChI=1S/C28H29N5S/c1-20-9-14-25-22(18-20)19-26(34-25)24-7-4-8-27-30-28(31-33(24)27)29-23-12-10-21(11-13-23)6-5-17-32-15-2-3-16-32/h4,7-14,18-19H,2-3,5-6,15-17H2,1H3,(H,29,31). The Morgan fingerprint density at radius 3 is 2.68 bits per heavy atom. The molecule has 2 aromatic carbocycles. The first-order chi connectivity index (χ1) is 16.7. The Morgan fingerprint density at radius 1 is 0.971 bits per heavy atom. The predicted molar refractivity (Wildman–Crippen MR) is 142 cm³/mol. The molecular weight excluding hydrogens is 438 g/mol. The average Bonchev–Trinajstić information content (AvgIpc) is 3.59. The monoisotopic (exact) mass is 467 g/mol. The molecular formula is C28H29N5S. The Kier molecular flexibility index (Phi) is 5.77. The molecule has 0 bridgehead atoms. The summed E-state index contributed by atoms with van der Waals surface area (Å²) in [5.41, 5.74) is 5.57. The zero-order chi connectivity index (χ0) is 22.9. The van der Waals surface area contributed by atoms with E-state index in [9.17, 15) is 0 Å². The molecule has 5 aromatic rings. The van der Waals surface area contributed by atoms with E-state index in [2.05, 4.69) is 77.8 Å². The number of pyridine rings is 1. The lowest BCUT2D eigenvalue weighted by Gasteiger charge is -2.14. The number of benzene rings is 2. The lowest BCUT2D eigenvalue weighted by atomic mass is 10.1. The number of nitrogens with zero attached hydrogens (tertiary/aromatic N) is 4. The molecule has 1 aliphatic heterocycles. The van der Waals surface area contributed by atoms with Gasteiger partial charge in [-0.15, -0.1) is 16.4 Å². The van der Waals surface area contributed by atoms with E-state index in [1.807, 2.05) is 10.6 Å². The number of likely N-dealkylation sites (tertiary alicyclic amines) is 1. The highest BCUT2D eigenvalue weighted by molar-refractivity contribution is 7.22. The van der Waals surface area contributed by atoms with E-state index >= 15 is 0 Å². The van der Waals surface area contributed by atoms with Crippen molar-refractivity contribution in [2.24, 2.45) is 0 Å². The van der Waals surface area contributed by atoms with Crippen LogP contribution >= 0.6 is 11.3 Å². The molecule has 0 unspecified atom stereocenters. The number of rotatable bonds is 7. The molecule has 0 amide bonds. The predicted octanol–water partition coefficient (Wildman–Crippen LogP) is 6.69. The van der Waals surface area contributed by atoms with Crippen molar-refractivity contribution in [1.82, 2.24) is 19.5 Å². The molecule has 6 rings (SSSR count). The second-order valence-electron chi connectivity index (χ2n) is 9.24. The third-order valence-corrected chi connectivity index (χ3v) is 7.77. The first kappa shape index (κ1) is 21.3. The van der Waals surface area contributed by atoms with Gasteiger partial charge in [0.2, 0.25) is 5.95 Å². The summed E-state index contributed by atoms with van der Waals surface area (Å²) in [6.45, 7) is 5.90. The minimum Gasteiger partial charge on any atom is -0.323 e. The first-order valence-corrected chi connectivity index (χ1v) is 13.0. The largest absolute Gasteiger partial charge is 0.323 e. The Bertz CT molecular complexity index is 1430. The molecule has 1 N–H and O–H groups in total. The fourth-order valence-corrected chi connectivity index (χ4v) is 5.88. The van der Waals surface area contributed by atoms with Gasteiger partial charge in [-0.2, -0.15) is 4.98 Å². The van der Waals surface area contributed by atoms with Gasteiger partial charge in [-0.25, -0.2) is 4.52 Å². The van der Waals surface area contributed by atoms with Crippen molar-refractivity contribution in [3.63, 3.8) is 0 Å². The van der Waals surface area contributed by atoms with Crippen molar-refractivity contribution < 1.29 is 0 Å². The maximum Gasteiger partial charge on any atom is 0.247 e. The highest BCUT2D eigenvalue weighted by atomic mass is 32.1. The smallest absolute Gasteiger partial charge is 0.247 e. The maximum atomic E-state index is 4.78. The van der Waals surface area contributed by atoms with Crippen molar-refractivity contribution in [1.29, 1.82) is 0 Å². The Hall–Kier alpha value is -3.22. The number of fused-ring (bicyclic) bond motifs is 2. The lowest BCUT2D eigenvalue weighted by Crippen LogP contribution is -2.20. The molecule has 34 heavy (non-hydrogen) atoms. The van der Waals surface area contributed by atoms with Crippen LogP contribution in [0.5, 0.6) is 0 Å². The highest BCUT2D eigenvalue weighted by Gasteiger charge is 2.13. The van der Waals surface area contributed by atoms with Gasteiger partial charge in [-0.3, -0.25) is 0 Å². The van der Waals surface area contributed by atoms with E-state index in [-0.39, 0.29) is 0 Å². The summed E-state index contributed by atoms with van der Waals surface area (Å²) in [5, 5.41) is 9.44. The van der Waals surface area contributed by atoms with Gasteiger partial charge < -0.3 is 10.2 Å². The van der Waals surface area contributed by atoms with Crippen LogP contribution in [0.15, 0.2) is 66.7 Å². The first-order valence-electron chi connectivity index (χ1n) is 12.2. The van der Waals surface area contributed by atoms with Crippen molar-refractivity contribution in [2.45, 2.75) is 32.6 Å². The van der Waals surface area contributed by atoms with Crippen molar-refractivity contribution in [3.8, 4) is 10.6 Å². The van der Waals surface area contributed by atoms with Crippen LogP contribution in [0.1, 0.15) is 30.4 Å². The minimum atomic E-state index is 0.617. The number of aromatic nitrogens is 3. The van der Waals surface area contributed by atoms with E-state index < -0.39 is 0 Å². The molecule has 0 radical (unpaired) electrons. The van der Waals surface area contributed by atoms with Crippen molar-refractivity contribution in [2.75, 3.05) is 25.0 Å². The van der Waals surface area contributed by atoms with E-state index in [0.29, 0.717) is 5.95 Å². The number of hydrogen-bond donors (Lipinski definition) is 1. The normalized spacial score (nSPS) is 14.4. The topological polar surface area (TPSA) is 45.5 Å². The quantitative estimate of drug-likeness (QED) is 0.290. The van der Waals surface area contributed by atoms with Gasteiger partial charge in [-0.05, 0) is 99.6 Å². The van der Waals surface area contributed by atoms with Crippen LogP contribution in [0.2, 0.25) is 0 Å². The molecule has 1 saturated heterocycles. The van der Waals surface area contributed by atoms with Crippen molar-refractivity contribution in [3.05, 3.63) is 77.9 Å². The zero-order valence-electron chi connectivity index (χ0n) is 19.5. The van der Waals surface area contributed by atoms with Gasteiger partial charge in [0.1, 0.15) is 0 Å². The summed E-state index contributed by atoms with van der Waals surface area (Å²) in [6.07, 6.45) is 5.08. The number of anilines is 2. The van der Waals surface area contributed by atoms with Crippen molar-refractivity contribution >= 4 is 38.7 Å². The molecule has 1 aliphatic rings. The van der Waals surface area contributed by atoms with E-state index in [1.165, 1.54) is 65.0 Å². The van der Waals surface area contributed by atoms with Gasteiger partial charge in [0.25, 0.3) is 0 Å². The Labute approximate surface area is 204 Å². The lowest BCUT2D eigenvalue weighted by molar-refractivity contribution is 0.334. The third kappa shape index (κ3) is 4.43. The van der Waals surface area contributed by atoms with Gasteiger partial charge in [0, 0.05) is 10.4 Å². The Morgan fingerprint density at radius 2 is 1.82 bits per heavy atom. The highest BCUT2D eigenvalue weighted by Crippen LogP contribution is 2.34. The molecule has 0 aliphatic carbocycles. The fourth-order valence-electron chi connectivity index (χ4n) is 4.83. The van der Waals surface area contributed by atoms with Gasteiger partial charge in [-0.1, -0.05) is 35.9 Å². The summed E-state index contributed by atoms with van der Waals surface area (Å²) in [6, 6.07) is 23.7. The summed E-state index contributed by atoms with van der Waals surface area (Å²) in [4.78, 5) is 8.50. The van der Waals surface area contributed by atoms with Crippen LogP contribution in [0.3, 0.4) is 0 Å². The molecule has 4 heterocycles. The van der Waals surface area contributed by atoms with Crippen LogP contribution in [0.4, 0.5) is 11.6 Å². The molecule has 0 atom stereocenters. The van der Waals surface area contributed by atoms with Gasteiger partial charge in [0.15, 0.2) is 5.65 Å². The molecule has 5 nitrogen and oxygen atoms in total. The van der Waals surface area contributed by atoms with E-state index in [0.717, 1.165) is 23.4 Å². The third-order valence-electron chi connectivity index (χ3n) is 6.63. The summed E-state index contributed by atoms with van der Waals surface area (Å²) in [5.74, 6) is 0.617. The Balaban J connectivity index is 1.18. The minimum absolute atomic E-state index is 0.617. The van der Waals surface area contributed by atoms with Gasteiger partial charge >= 0.3 is 0 Å². The number of aryl methyl sites for hydroxylation is 2. The van der Waals surface area contributed by atoms with Crippen LogP contribution in [-0.2, 0) is 6.42 Å². The van der Waals surface area contributed by atoms with Crippen LogP contribution in [-0.4, -0.2) is 39.1 Å². The maximum absolute atomic E-state index is 4.78. The summed E-state index contributed by atoms with van der Waals surface area (Å²) >= 11 is 1.79. The van der Waals surface area contributed by atoms with Gasteiger partial charge in [0.05, 0.1) is 10.6 Å². The van der Waals surface area contributed by atoms with E-state index in [4.69, 9.17) is 10.1 Å². The molecule has 0 saturated carbocycles. The number of nitrogens with one attached hydrogen (secondary N) is 1. The summed E-state index contributed by atoms with van der Waals surface area (Å²) in [7, 11) is 0. The fraction of sp³-hybridized carbons (Fsp3) is 0.286. The van der Waals surface area contributed by atoms with E-state index in [1.54, 1.807) is 11.3 Å². The average molecular weight is 468 g/mol. The van der Waals surface area contributed by atoms with Crippen LogP contribution in [0, 0.1) is 6.92 Å². The summed E-state index contributed by atoms with van der Waals surface area (Å²) < 4.78 is 3.23. The second kappa shape index (κ2) is 9.20. The zero-order valence-corrected chi connectivity index (χ0v) is 20.3. The second-order valence-corrected chi connectivity index (χ2v) is 10.3. The SMILES string of the molecule is Cc1ccc2sc(-c3cccc4nc(Nc5ccc(CCCN6CCCC6)cc5)nn34)cc2c1. The molecule has 6 heteroatoms. The molecule has 0 spiro atoms. The molecule has 172 valence electrons. The van der Waals surface area contributed by atoms with Crippen LogP contribution < -0.4 is 5.32 Å². The molecule has 3 aromatic heterocycles. The number of thiophene rings is 1. The van der Waals surface area contributed by atoms with Crippen LogP contribution in [0.25, 0.3) is 26.3 Å².